The number of pyridine rings is 1. The molecular formula is C15H13N3O2. The van der Waals surface area contributed by atoms with E-state index in [2.05, 4.69) is 16.6 Å². The second-order valence-electron chi connectivity index (χ2n) is 3.94. The van der Waals surface area contributed by atoms with Crippen LogP contribution >= 0.6 is 0 Å². The molecule has 0 bridgehead atoms. The number of carboxylic acids is 1. The van der Waals surface area contributed by atoms with Crippen LogP contribution in [-0.2, 0) is 0 Å². The summed E-state index contributed by atoms with van der Waals surface area (Å²) in [5, 5.41) is 9.88. The maximum atomic E-state index is 11.4. The number of fused-ring (bicyclic) bond motifs is 1. The SMILES string of the molecule is C=C/C=N\C(=C/N)c1cc(C(=O)O)c2ccccc2n1. The average Bonchev–Trinajstić information content (AvgIpc) is 2.47. The molecule has 0 unspecified atom stereocenters. The number of aromatic nitrogens is 1. The van der Waals surface area contributed by atoms with Crippen molar-refractivity contribution in [2.24, 2.45) is 10.7 Å². The number of carbonyl (C=O) groups is 1. The summed E-state index contributed by atoms with van der Waals surface area (Å²) < 4.78 is 0. The Bertz CT molecular complexity index is 733. The van der Waals surface area contributed by atoms with Gasteiger partial charge in [-0.1, -0.05) is 30.9 Å². The van der Waals surface area contributed by atoms with Gasteiger partial charge in [0, 0.05) is 17.8 Å². The fourth-order valence-corrected chi connectivity index (χ4v) is 1.81. The third kappa shape index (κ3) is 2.56. The molecule has 1 aromatic heterocycles. The second kappa shape index (κ2) is 5.79. The molecule has 0 saturated carbocycles. The zero-order valence-electron chi connectivity index (χ0n) is 10.7. The minimum absolute atomic E-state index is 0.166. The van der Waals surface area contributed by atoms with Crippen molar-refractivity contribution in [1.82, 2.24) is 4.98 Å². The lowest BCUT2D eigenvalue weighted by Gasteiger charge is -2.06. The number of allylic oxidation sites excluding steroid dienone is 1. The molecule has 0 atom stereocenters. The van der Waals surface area contributed by atoms with Gasteiger partial charge in [0.25, 0.3) is 0 Å². The number of aromatic carboxylic acids is 1. The number of para-hydroxylation sites is 1. The van der Waals surface area contributed by atoms with Crippen molar-refractivity contribution < 1.29 is 9.90 Å². The molecule has 5 nitrogen and oxygen atoms in total. The van der Waals surface area contributed by atoms with E-state index in [1.165, 1.54) is 24.6 Å². The summed E-state index contributed by atoms with van der Waals surface area (Å²) >= 11 is 0. The topological polar surface area (TPSA) is 88.6 Å². The van der Waals surface area contributed by atoms with Crippen LogP contribution in [-0.4, -0.2) is 22.3 Å². The molecule has 2 aromatic rings. The zero-order chi connectivity index (χ0) is 14.5. The molecule has 0 amide bonds. The summed E-state index contributed by atoms with van der Waals surface area (Å²) in [5.74, 6) is -1.02. The monoisotopic (exact) mass is 267 g/mol. The fraction of sp³-hybridized carbons (Fsp3) is 0. The summed E-state index contributed by atoms with van der Waals surface area (Å²) in [7, 11) is 0. The highest BCUT2D eigenvalue weighted by molar-refractivity contribution is 6.03. The number of nitrogens with zero attached hydrogens (tertiary/aromatic N) is 2. The molecule has 3 N–H and O–H groups in total. The van der Waals surface area contributed by atoms with Gasteiger partial charge in [-0.2, -0.15) is 0 Å². The summed E-state index contributed by atoms with van der Waals surface area (Å²) in [6.45, 7) is 3.52. The molecule has 1 aromatic carbocycles. The Kier molecular flexibility index (Phi) is 3.91. The van der Waals surface area contributed by atoms with Crippen molar-refractivity contribution in [3.05, 3.63) is 60.4 Å². The highest BCUT2D eigenvalue weighted by atomic mass is 16.4. The molecule has 5 heteroatoms. The maximum absolute atomic E-state index is 11.4. The summed E-state index contributed by atoms with van der Waals surface area (Å²) in [6.07, 6.45) is 4.25. The van der Waals surface area contributed by atoms with Crippen LogP contribution in [0.5, 0.6) is 0 Å². The molecule has 20 heavy (non-hydrogen) atoms. The van der Waals surface area contributed by atoms with Gasteiger partial charge in [0.15, 0.2) is 0 Å². The minimum atomic E-state index is -1.02. The van der Waals surface area contributed by atoms with Crippen LogP contribution in [0.4, 0.5) is 0 Å². The third-order valence-corrected chi connectivity index (χ3v) is 2.69. The largest absolute Gasteiger partial charge is 0.478 e. The molecule has 100 valence electrons. The number of benzene rings is 1. The Morgan fingerprint density at radius 2 is 2.15 bits per heavy atom. The van der Waals surface area contributed by atoms with Crippen molar-refractivity contribution in [1.29, 1.82) is 0 Å². The van der Waals surface area contributed by atoms with E-state index in [0.29, 0.717) is 22.3 Å². The molecule has 2 rings (SSSR count). The van der Waals surface area contributed by atoms with Crippen molar-refractivity contribution in [2.45, 2.75) is 0 Å². The van der Waals surface area contributed by atoms with Crippen LogP contribution in [0.3, 0.4) is 0 Å². The van der Waals surface area contributed by atoms with Crippen LogP contribution < -0.4 is 5.73 Å². The average molecular weight is 267 g/mol. The molecule has 1 heterocycles. The quantitative estimate of drug-likeness (QED) is 0.833. The lowest BCUT2D eigenvalue weighted by molar-refractivity contribution is 0.0699. The normalized spacial score (nSPS) is 11.9. The lowest BCUT2D eigenvalue weighted by atomic mass is 10.1. The van der Waals surface area contributed by atoms with E-state index in [1.807, 2.05) is 0 Å². The molecular weight excluding hydrogens is 254 g/mol. The van der Waals surface area contributed by atoms with Crippen molar-refractivity contribution in [3.8, 4) is 0 Å². The summed E-state index contributed by atoms with van der Waals surface area (Å²) in [5.41, 5.74) is 7.05. The van der Waals surface area contributed by atoms with Crippen LogP contribution in [0, 0.1) is 0 Å². The number of hydrogen-bond donors (Lipinski definition) is 2. The van der Waals surface area contributed by atoms with E-state index in [4.69, 9.17) is 5.73 Å². The van der Waals surface area contributed by atoms with Gasteiger partial charge >= 0.3 is 5.97 Å². The van der Waals surface area contributed by atoms with E-state index in [1.54, 1.807) is 24.3 Å². The molecule has 0 fully saturated rings. The Morgan fingerprint density at radius 3 is 2.80 bits per heavy atom. The molecule has 0 saturated heterocycles. The number of nitrogens with two attached hydrogens (primary N) is 1. The molecule has 0 radical (unpaired) electrons. The van der Waals surface area contributed by atoms with Gasteiger partial charge in [-0.3, -0.25) is 4.99 Å². The zero-order valence-corrected chi connectivity index (χ0v) is 10.7. The first-order valence-corrected chi connectivity index (χ1v) is 5.88. The van der Waals surface area contributed by atoms with Gasteiger partial charge < -0.3 is 10.8 Å². The first-order chi connectivity index (χ1) is 9.67. The van der Waals surface area contributed by atoms with E-state index < -0.39 is 5.97 Å². The van der Waals surface area contributed by atoms with Gasteiger partial charge in [-0.15, -0.1) is 0 Å². The third-order valence-electron chi connectivity index (χ3n) is 2.69. The molecule has 0 aliphatic heterocycles. The van der Waals surface area contributed by atoms with Gasteiger partial charge in [0.05, 0.1) is 16.8 Å². The summed E-state index contributed by atoms with van der Waals surface area (Å²) in [6, 6.07) is 8.49. The van der Waals surface area contributed by atoms with Crippen LogP contribution in [0.2, 0.25) is 0 Å². The van der Waals surface area contributed by atoms with Gasteiger partial charge in [-0.05, 0) is 12.1 Å². The first-order valence-electron chi connectivity index (χ1n) is 5.88. The van der Waals surface area contributed by atoms with E-state index in [0.717, 1.165) is 0 Å². The van der Waals surface area contributed by atoms with Crippen LogP contribution in [0.15, 0.2) is 54.2 Å². The Labute approximate surface area is 115 Å². The summed E-state index contributed by atoms with van der Waals surface area (Å²) in [4.78, 5) is 19.8. The smallest absolute Gasteiger partial charge is 0.336 e. The standard InChI is InChI=1S/C15H13N3O2/c1-2-7-17-14(9-16)13-8-11(15(19)20)10-5-3-4-6-12(10)18-13/h2-9H,1,16H2,(H,19,20)/b14-9-,17-7-. The predicted octanol–water partition coefficient (Wildman–Crippen LogP) is 2.45. The van der Waals surface area contributed by atoms with E-state index >= 15 is 0 Å². The van der Waals surface area contributed by atoms with E-state index in [9.17, 15) is 9.90 Å². The van der Waals surface area contributed by atoms with Crippen molar-refractivity contribution in [3.63, 3.8) is 0 Å². The molecule has 0 aliphatic carbocycles. The van der Waals surface area contributed by atoms with Crippen molar-refractivity contribution >= 4 is 28.8 Å². The minimum Gasteiger partial charge on any atom is -0.478 e. The molecule has 0 spiro atoms. The molecule has 0 aliphatic rings. The van der Waals surface area contributed by atoms with E-state index in [-0.39, 0.29) is 5.56 Å². The number of rotatable bonds is 4. The lowest BCUT2D eigenvalue weighted by Crippen LogP contribution is -2.02. The Hall–Kier alpha value is -2.95. The van der Waals surface area contributed by atoms with Gasteiger partial charge in [-0.25, -0.2) is 9.78 Å². The van der Waals surface area contributed by atoms with Crippen molar-refractivity contribution in [2.75, 3.05) is 0 Å². The van der Waals surface area contributed by atoms with Crippen LogP contribution in [0.25, 0.3) is 16.6 Å². The number of aliphatic imine (C=N–C) groups is 1. The number of hydrogen-bond acceptors (Lipinski definition) is 4. The first kappa shape index (κ1) is 13.5. The number of carboxylic acid groups (broad SMARTS) is 1. The Morgan fingerprint density at radius 1 is 1.40 bits per heavy atom. The highest BCUT2D eigenvalue weighted by Gasteiger charge is 2.13. The highest BCUT2D eigenvalue weighted by Crippen LogP contribution is 2.22. The fourth-order valence-electron chi connectivity index (χ4n) is 1.81. The predicted molar refractivity (Wildman–Crippen MR) is 79.6 cm³/mol. The second-order valence-corrected chi connectivity index (χ2v) is 3.94. The maximum Gasteiger partial charge on any atom is 0.336 e. The van der Waals surface area contributed by atoms with Gasteiger partial charge in [0.2, 0.25) is 0 Å². The van der Waals surface area contributed by atoms with Gasteiger partial charge in [0.1, 0.15) is 5.70 Å². The van der Waals surface area contributed by atoms with Crippen LogP contribution in [0.1, 0.15) is 16.1 Å². The Balaban J connectivity index is 2.69.